The second-order valence-electron chi connectivity index (χ2n) is 6.14. The monoisotopic (exact) mass is 455 g/mol. The van der Waals surface area contributed by atoms with Crippen molar-refractivity contribution in [3.8, 4) is 0 Å². The molecule has 2 aromatic rings. The number of amides is 2. The summed E-state index contributed by atoms with van der Waals surface area (Å²) in [5, 5.41) is 5.93. The van der Waals surface area contributed by atoms with E-state index in [9.17, 15) is 18.0 Å². The molecule has 0 unspecified atom stereocenters. The lowest BCUT2D eigenvalue weighted by molar-refractivity contribution is -0.122. The van der Waals surface area contributed by atoms with E-state index in [-0.39, 0.29) is 10.8 Å². The molecule has 0 radical (unpaired) electrons. The van der Waals surface area contributed by atoms with Crippen molar-refractivity contribution in [2.75, 3.05) is 17.6 Å². The number of sulfonamides is 1. The van der Waals surface area contributed by atoms with E-state index >= 15 is 0 Å². The normalized spacial score (nSPS) is 12.2. The standard InChI is InChI=1S/C19H22ClN3O4S2/c1-13(19(25)21-11-12-28-17-7-3-15(20)4-8-17)23-29(26,27)18-9-5-16(6-10-18)22-14(2)24/h3-10,13,23H,11-12H2,1-2H3,(H,21,25)(H,22,24)/t13-/m0/s1. The Bertz CT molecular complexity index is 948. The summed E-state index contributed by atoms with van der Waals surface area (Å²) < 4.78 is 27.2. The fourth-order valence-electron chi connectivity index (χ4n) is 2.30. The van der Waals surface area contributed by atoms with Crippen molar-refractivity contribution in [2.24, 2.45) is 0 Å². The number of halogens is 1. The SMILES string of the molecule is CC(=O)Nc1ccc(S(=O)(=O)N[C@@H](C)C(=O)NCCSc2ccc(Cl)cc2)cc1. The third kappa shape index (κ3) is 7.69. The van der Waals surface area contributed by atoms with Crippen LogP contribution in [-0.4, -0.2) is 38.6 Å². The van der Waals surface area contributed by atoms with Crippen molar-refractivity contribution in [1.82, 2.24) is 10.0 Å². The number of benzene rings is 2. The summed E-state index contributed by atoms with van der Waals surface area (Å²) in [5.41, 5.74) is 0.487. The fourth-order valence-corrected chi connectivity index (χ4v) is 4.40. The molecule has 0 aliphatic rings. The summed E-state index contributed by atoms with van der Waals surface area (Å²) >= 11 is 7.39. The van der Waals surface area contributed by atoms with Gasteiger partial charge in [0, 0.05) is 34.8 Å². The molecule has 0 spiro atoms. The maximum absolute atomic E-state index is 12.4. The predicted octanol–water partition coefficient (Wildman–Crippen LogP) is 2.87. The molecular formula is C19H22ClN3O4S2. The molecule has 156 valence electrons. The Morgan fingerprint density at radius 3 is 2.28 bits per heavy atom. The Kier molecular flexibility index (Phi) is 8.51. The van der Waals surface area contributed by atoms with Gasteiger partial charge in [0.15, 0.2) is 0 Å². The summed E-state index contributed by atoms with van der Waals surface area (Å²) in [5.74, 6) is -0.0318. The average molecular weight is 456 g/mol. The Morgan fingerprint density at radius 2 is 1.69 bits per heavy atom. The van der Waals surface area contributed by atoms with E-state index in [1.807, 2.05) is 12.1 Å². The Labute approximate surface area is 179 Å². The Balaban J connectivity index is 1.82. The van der Waals surface area contributed by atoms with E-state index in [0.717, 1.165) is 4.90 Å². The highest BCUT2D eigenvalue weighted by atomic mass is 35.5. The Hall–Kier alpha value is -2.07. The number of hydrogen-bond acceptors (Lipinski definition) is 5. The zero-order valence-corrected chi connectivity index (χ0v) is 18.3. The van der Waals surface area contributed by atoms with Gasteiger partial charge in [0.1, 0.15) is 0 Å². The minimum Gasteiger partial charge on any atom is -0.354 e. The van der Waals surface area contributed by atoms with Crippen molar-refractivity contribution < 1.29 is 18.0 Å². The van der Waals surface area contributed by atoms with E-state index in [2.05, 4.69) is 15.4 Å². The minimum atomic E-state index is -3.87. The first kappa shape index (κ1) is 23.2. The largest absolute Gasteiger partial charge is 0.354 e. The van der Waals surface area contributed by atoms with Crippen LogP contribution in [0.1, 0.15) is 13.8 Å². The average Bonchev–Trinajstić information content (AvgIpc) is 2.66. The molecule has 1 atom stereocenters. The molecule has 0 fully saturated rings. The van der Waals surface area contributed by atoms with Crippen LogP contribution in [0.4, 0.5) is 5.69 Å². The van der Waals surface area contributed by atoms with Gasteiger partial charge in [-0.1, -0.05) is 11.6 Å². The maximum atomic E-state index is 12.4. The van der Waals surface area contributed by atoms with Gasteiger partial charge in [-0.15, -0.1) is 11.8 Å². The number of carbonyl (C=O) groups is 2. The first-order chi connectivity index (χ1) is 13.7. The quantitative estimate of drug-likeness (QED) is 0.398. The summed E-state index contributed by atoms with van der Waals surface area (Å²) in [6.07, 6.45) is 0. The molecule has 0 aliphatic heterocycles. The van der Waals surface area contributed by atoms with Crippen molar-refractivity contribution >= 4 is 50.9 Å². The summed E-state index contributed by atoms with van der Waals surface area (Å²) in [4.78, 5) is 24.2. The lowest BCUT2D eigenvalue weighted by Crippen LogP contribution is -2.45. The second kappa shape index (κ2) is 10.6. The van der Waals surface area contributed by atoms with Gasteiger partial charge >= 0.3 is 0 Å². The third-order valence-corrected chi connectivity index (χ3v) is 6.52. The Morgan fingerprint density at radius 1 is 1.07 bits per heavy atom. The van der Waals surface area contributed by atoms with Gasteiger partial charge < -0.3 is 10.6 Å². The van der Waals surface area contributed by atoms with Gasteiger partial charge in [-0.3, -0.25) is 9.59 Å². The highest BCUT2D eigenvalue weighted by Gasteiger charge is 2.21. The number of carbonyl (C=O) groups excluding carboxylic acids is 2. The van der Waals surface area contributed by atoms with Crippen molar-refractivity contribution in [3.05, 3.63) is 53.6 Å². The number of hydrogen-bond donors (Lipinski definition) is 3. The lowest BCUT2D eigenvalue weighted by atomic mass is 10.3. The van der Waals surface area contributed by atoms with Gasteiger partial charge in [0.2, 0.25) is 21.8 Å². The summed E-state index contributed by atoms with van der Waals surface area (Å²) in [7, 11) is -3.87. The zero-order valence-electron chi connectivity index (χ0n) is 15.9. The van der Waals surface area contributed by atoms with E-state index in [0.29, 0.717) is 23.0 Å². The highest BCUT2D eigenvalue weighted by Crippen LogP contribution is 2.19. The van der Waals surface area contributed by atoms with Gasteiger partial charge in [-0.2, -0.15) is 4.72 Å². The molecular weight excluding hydrogens is 434 g/mol. The van der Waals surface area contributed by atoms with E-state index < -0.39 is 22.0 Å². The van der Waals surface area contributed by atoms with Crippen molar-refractivity contribution in [3.63, 3.8) is 0 Å². The number of thioether (sulfide) groups is 1. The molecule has 10 heteroatoms. The van der Waals surface area contributed by atoms with Crippen LogP contribution in [0.15, 0.2) is 58.3 Å². The molecule has 0 bridgehead atoms. The molecule has 0 saturated heterocycles. The molecule has 2 aromatic carbocycles. The van der Waals surface area contributed by atoms with Gasteiger partial charge in [-0.05, 0) is 55.5 Å². The van der Waals surface area contributed by atoms with Crippen LogP contribution < -0.4 is 15.4 Å². The van der Waals surface area contributed by atoms with Gasteiger partial charge in [0.25, 0.3) is 0 Å². The minimum absolute atomic E-state index is 0.00421. The van der Waals surface area contributed by atoms with Gasteiger partial charge in [0.05, 0.1) is 10.9 Å². The molecule has 0 aliphatic carbocycles. The zero-order chi connectivity index (χ0) is 21.4. The molecule has 3 N–H and O–H groups in total. The summed E-state index contributed by atoms with van der Waals surface area (Å²) in [6, 6.07) is 12.1. The molecule has 0 saturated carbocycles. The fraction of sp³-hybridized carbons (Fsp3) is 0.263. The van der Waals surface area contributed by atoms with Crippen LogP contribution in [-0.2, 0) is 19.6 Å². The van der Waals surface area contributed by atoms with Crippen LogP contribution in [0.2, 0.25) is 5.02 Å². The molecule has 29 heavy (non-hydrogen) atoms. The first-order valence-electron chi connectivity index (χ1n) is 8.73. The van der Waals surface area contributed by atoms with Gasteiger partial charge in [-0.25, -0.2) is 8.42 Å². The van der Waals surface area contributed by atoms with Crippen LogP contribution in [0.5, 0.6) is 0 Å². The molecule has 0 aromatic heterocycles. The summed E-state index contributed by atoms with van der Waals surface area (Å²) in [6.45, 7) is 3.23. The molecule has 0 heterocycles. The number of rotatable bonds is 9. The van der Waals surface area contributed by atoms with Crippen molar-refractivity contribution in [1.29, 1.82) is 0 Å². The molecule has 7 nitrogen and oxygen atoms in total. The number of nitrogens with one attached hydrogen (secondary N) is 3. The van der Waals surface area contributed by atoms with E-state index in [1.54, 1.807) is 23.9 Å². The third-order valence-electron chi connectivity index (χ3n) is 3.69. The topological polar surface area (TPSA) is 104 Å². The van der Waals surface area contributed by atoms with Crippen LogP contribution in [0.25, 0.3) is 0 Å². The smallest absolute Gasteiger partial charge is 0.241 e. The van der Waals surface area contributed by atoms with E-state index in [1.165, 1.54) is 38.1 Å². The molecule has 2 rings (SSSR count). The van der Waals surface area contributed by atoms with Crippen molar-refractivity contribution in [2.45, 2.75) is 29.7 Å². The van der Waals surface area contributed by atoms with Crippen LogP contribution in [0.3, 0.4) is 0 Å². The molecule has 2 amide bonds. The van der Waals surface area contributed by atoms with Crippen LogP contribution >= 0.6 is 23.4 Å². The van der Waals surface area contributed by atoms with E-state index in [4.69, 9.17) is 11.6 Å². The second-order valence-corrected chi connectivity index (χ2v) is 9.46. The first-order valence-corrected chi connectivity index (χ1v) is 11.6. The van der Waals surface area contributed by atoms with Crippen LogP contribution in [0, 0.1) is 0 Å². The predicted molar refractivity (Wildman–Crippen MR) is 116 cm³/mol. The lowest BCUT2D eigenvalue weighted by Gasteiger charge is -2.14. The maximum Gasteiger partial charge on any atom is 0.241 e. The number of anilines is 1. The highest BCUT2D eigenvalue weighted by molar-refractivity contribution is 7.99.